The number of carbonyl (C=O) groups excluding carboxylic acids is 1. The fraction of sp³-hybridized carbons (Fsp3) is 0.417. The lowest BCUT2D eigenvalue weighted by atomic mass is 10.1. The van der Waals surface area contributed by atoms with Crippen LogP contribution in [0.3, 0.4) is 0 Å². The van der Waals surface area contributed by atoms with E-state index < -0.39 is 10.8 Å². The van der Waals surface area contributed by atoms with Gasteiger partial charge in [0.05, 0.1) is 9.95 Å². The largest absolute Gasteiger partial charge is 0.396 e. The highest BCUT2D eigenvalue weighted by Gasteiger charge is 2.22. The number of aliphatic hydroxyl groups excluding tert-OH is 1. The maximum absolute atomic E-state index is 11.9. The summed E-state index contributed by atoms with van der Waals surface area (Å²) >= 11 is 7.44. The molecule has 0 aliphatic rings. The number of aliphatic hydroxyl groups is 1. The number of halogens is 1. The van der Waals surface area contributed by atoms with Crippen LogP contribution >= 0.6 is 23.4 Å². The van der Waals surface area contributed by atoms with E-state index in [0.29, 0.717) is 18.7 Å². The molecule has 0 fully saturated rings. The third kappa shape index (κ3) is 4.99. The number of hydrogen-bond donors (Lipinski definition) is 2. The molecule has 0 aliphatic heterocycles. The quantitative estimate of drug-likeness (QED) is 0.435. The van der Waals surface area contributed by atoms with Crippen molar-refractivity contribution in [2.45, 2.75) is 6.42 Å². The zero-order chi connectivity index (χ0) is 15.0. The van der Waals surface area contributed by atoms with Gasteiger partial charge in [0.2, 0.25) is 0 Å². The minimum Gasteiger partial charge on any atom is -0.396 e. The Hall–Kier alpha value is -1.31. The Labute approximate surface area is 125 Å². The first kappa shape index (κ1) is 16.7. The van der Waals surface area contributed by atoms with Gasteiger partial charge < -0.3 is 10.4 Å². The lowest BCUT2D eigenvalue weighted by Crippen LogP contribution is -2.26. The monoisotopic (exact) mass is 318 g/mol. The Morgan fingerprint density at radius 2 is 2.20 bits per heavy atom. The van der Waals surface area contributed by atoms with E-state index >= 15 is 0 Å². The van der Waals surface area contributed by atoms with Gasteiger partial charge in [0.15, 0.2) is 0 Å². The van der Waals surface area contributed by atoms with Gasteiger partial charge in [0, 0.05) is 25.0 Å². The zero-order valence-corrected chi connectivity index (χ0v) is 12.2. The van der Waals surface area contributed by atoms with Crippen molar-refractivity contribution in [2.75, 3.05) is 24.7 Å². The molecule has 0 atom stereocenters. The van der Waals surface area contributed by atoms with Crippen molar-refractivity contribution in [3.8, 4) is 0 Å². The van der Waals surface area contributed by atoms with Gasteiger partial charge in [0.25, 0.3) is 11.6 Å². The second-order valence-electron chi connectivity index (χ2n) is 3.84. The zero-order valence-electron chi connectivity index (χ0n) is 10.7. The molecule has 0 aliphatic carbocycles. The molecule has 0 spiro atoms. The lowest BCUT2D eigenvalue weighted by Gasteiger charge is -2.07. The Kier molecular flexibility index (Phi) is 7.35. The molecule has 6 nitrogen and oxygen atoms in total. The third-order valence-corrected chi connectivity index (χ3v) is 3.78. The number of hydrogen-bond acceptors (Lipinski definition) is 5. The summed E-state index contributed by atoms with van der Waals surface area (Å²) in [6.45, 7) is 0.530. The summed E-state index contributed by atoms with van der Waals surface area (Å²) in [5.41, 5.74) is -0.414. The summed E-state index contributed by atoms with van der Waals surface area (Å²) in [7, 11) is 0. The Bertz CT molecular complexity index is 485. The van der Waals surface area contributed by atoms with E-state index in [-0.39, 0.29) is 22.9 Å². The molecule has 1 aromatic carbocycles. The molecule has 1 rings (SSSR count). The summed E-state index contributed by atoms with van der Waals surface area (Å²) < 4.78 is 0. The summed E-state index contributed by atoms with van der Waals surface area (Å²) in [5, 5.41) is 22.1. The molecule has 0 saturated carbocycles. The SMILES string of the molecule is O=C(NCCSCCCO)c1c(Cl)cccc1[N+](=O)[O-]. The normalized spacial score (nSPS) is 10.3. The molecule has 0 bridgehead atoms. The number of nitro groups is 1. The van der Waals surface area contributed by atoms with E-state index in [2.05, 4.69) is 5.32 Å². The van der Waals surface area contributed by atoms with Crippen molar-refractivity contribution in [3.63, 3.8) is 0 Å². The first-order valence-corrected chi connectivity index (χ1v) is 7.51. The number of thioether (sulfide) groups is 1. The van der Waals surface area contributed by atoms with Crippen molar-refractivity contribution in [1.82, 2.24) is 5.32 Å². The topological polar surface area (TPSA) is 92.5 Å². The Balaban J connectivity index is 2.57. The van der Waals surface area contributed by atoms with Gasteiger partial charge in [-0.1, -0.05) is 17.7 Å². The van der Waals surface area contributed by atoms with Crippen molar-refractivity contribution in [3.05, 3.63) is 38.9 Å². The molecular formula is C12H15ClN2O4S. The summed E-state index contributed by atoms with van der Waals surface area (Å²) in [6.07, 6.45) is 0.703. The smallest absolute Gasteiger partial charge is 0.283 e. The number of nitrogens with one attached hydrogen (secondary N) is 1. The highest BCUT2D eigenvalue weighted by Crippen LogP contribution is 2.25. The maximum Gasteiger partial charge on any atom is 0.283 e. The molecule has 2 N–H and O–H groups in total. The number of rotatable bonds is 8. The number of nitro benzene ring substituents is 1. The molecule has 0 saturated heterocycles. The Morgan fingerprint density at radius 1 is 1.45 bits per heavy atom. The van der Waals surface area contributed by atoms with Crippen LogP contribution in [0.5, 0.6) is 0 Å². The van der Waals surface area contributed by atoms with Crippen LogP contribution < -0.4 is 5.32 Å². The van der Waals surface area contributed by atoms with Crippen LogP contribution in [0.25, 0.3) is 0 Å². The van der Waals surface area contributed by atoms with E-state index in [1.165, 1.54) is 18.2 Å². The number of carbonyl (C=O) groups is 1. The van der Waals surface area contributed by atoms with Crippen molar-refractivity contribution in [1.29, 1.82) is 0 Å². The standard InChI is InChI=1S/C12H15ClN2O4S/c13-9-3-1-4-10(15(18)19)11(9)12(17)14-5-8-20-7-2-6-16/h1,3-4,16H,2,5-8H2,(H,14,17). The van der Waals surface area contributed by atoms with Crippen LogP contribution in [-0.2, 0) is 0 Å². The first-order valence-electron chi connectivity index (χ1n) is 5.97. The van der Waals surface area contributed by atoms with Crippen LogP contribution in [0, 0.1) is 10.1 Å². The molecule has 1 aromatic rings. The minimum absolute atomic E-state index is 0.0598. The van der Waals surface area contributed by atoms with Crippen LogP contribution in [0.1, 0.15) is 16.8 Å². The predicted molar refractivity (Wildman–Crippen MR) is 79.5 cm³/mol. The van der Waals surface area contributed by atoms with E-state index in [1.807, 2.05) is 0 Å². The number of benzene rings is 1. The summed E-state index contributed by atoms with van der Waals surface area (Å²) in [6, 6.07) is 4.12. The summed E-state index contributed by atoms with van der Waals surface area (Å²) in [5.74, 6) is 0.924. The van der Waals surface area contributed by atoms with Gasteiger partial charge in [-0.15, -0.1) is 0 Å². The highest BCUT2D eigenvalue weighted by molar-refractivity contribution is 7.99. The maximum atomic E-state index is 11.9. The summed E-state index contributed by atoms with van der Waals surface area (Å²) in [4.78, 5) is 22.2. The molecule has 0 radical (unpaired) electrons. The predicted octanol–water partition coefficient (Wildman–Crippen LogP) is 2.09. The first-order chi connectivity index (χ1) is 9.57. The van der Waals surface area contributed by atoms with Crippen molar-refractivity contribution >= 4 is 35.0 Å². The molecule has 0 unspecified atom stereocenters. The van der Waals surface area contributed by atoms with Crippen LogP contribution in [0.15, 0.2) is 18.2 Å². The van der Waals surface area contributed by atoms with Gasteiger partial charge in [-0.25, -0.2) is 0 Å². The van der Waals surface area contributed by atoms with Gasteiger partial charge in [-0.05, 0) is 18.2 Å². The average Bonchev–Trinajstić information content (AvgIpc) is 2.42. The second kappa shape index (κ2) is 8.78. The fourth-order valence-electron chi connectivity index (χ4n) is 1.48. The number of nitrogens with zero attached hydrogens (tertiary/aromatic N) is 1. The molecule has 8 heteroatoms. The van der Waals surface area contributed by atoms with E-state index in [1.54, 1.807) is 11.8 Å². The van der Waals surface area contributed by atoms with Gasteiger partial charge in [-0.3, -0.25) is 14.9 Å². The molecule has 1 amide bonds. The Morgan fingerprint density at radius 3 is 2.85 bits per heavy atom. The van der Waals surface area contributed by atoms with Crippen molar-refractivity contribution in [2.24, 2.45) is 0 Å². The van der Waals surface area contributed by atoms with Gasteiger partial charge >= 0.3 is 0 Å². The third-order valence-electron chi connectivity index (χ3n) is 2.39. The average molecular weight is 319 g/mol. The minimum atomic E-state index is -0.628. The molecular weight excluding hydrogens is 304 g/mol. The molecule has 0 heterocycles. The van der Waals surface area contributed by atoms with E-state index in [9.17, 15) is 14.9 Å². The van der Waals surface area contributed by atoms with Crippen molar-refractivity contribution < 1.29 is 14.8 Å². The van der Waals surface area contributed by atoms with Crippen LogP contribution in [0.2, 0.25) is 5.02 Å². The number of amides is 1. The van der Waals surface area contributed by atoms with Gasteiger partial charge in [0.1, 0.15) is 5.56 Å². The highest BCUT2D eigenvalue weighted by atomic mass is 35.5. The lowest BCUT2D eigenvalue weighted by molar-refractivity contribution is -0.385. The molecule has 20 heavy (non-hydrogen) atoms. The van der Waals surface area contributed by atoms with Gasteiger partial charge in [-0.2, -0.15) is 11.8 Å². The molecule has 110 valence electrons. The van der Waals surface area contributed by atoms with E-state index in [4.69, 9.17) is 16.7 Å². The second-order valence-corrected chi connectivity index (χ2v) is 5.47. The fourth-order valence-corrected chi connectivity index (χ4v) is 2.52. The van der Waals surface area contributed by atoms with E-state index in [0.717, 1.165) is 5.75 Å². The van der Waals surface area contributed by atoms with Crippen LogP contribution in [0.4, 0.5) is 5.69 Å². The molecule has 0 aromatic heterocycles. The van der Waals surface area contributed by atoms with Crippen LogP contribution in [-0.4, -0.2) is 40.6 Å².